The van der Waals surface area contributed by atoms with E-state index in [-0.39, 0.29) is 23.5 Å². The molecule has 104 valence electrons. The maximum Gasteiger partial charge on any atom is 0.226 e. The fourth-order valence-corrected chi connectivity index (χ4v) is 3.12. The molecular weight excluding hydrogens is 228 g/mol. The highest BCUT2D eigenvalue weighted by molar-refractivity contribution is 5.80. The van der Waals surface area contributed by atoms with Gasteiger partial charge < -0.3 is 15.8 Å². The van der Waals surface area contributed by atoms with Gasteiger partial charge in [-0.15, -0.1) is 0 Å². The van der Waals surface area contributed by atoms with Crippen molar-refractivity contribution in [3.8, 4) is 0 Å². The molecule has 2 rings (SSSR count). The van der Waals surface area contributed by atoms with Crippen LogP contribution in [0.1, 0.15) is 46.0 Å². The summed E-state index contributed by atoms with van der Waals surface area (Å²) in [7, 11) is 0. The van der Waals surface area contributed by atoms with Crippen LogP contribution in [0, 0.1) is 11.8 Å². The van der Waals surface area contributed by atoms with Crippen LogP contribution in [0.2, 0.25) is 0 Å². The predicted octanol–water partition coefficient (Wildman–Crippen LogP) is 1.44. The number of carbonyl (C=O) groups excluding carboxylic acids is 1. The van der Waals surface area contributed by atoms with Gasteiger partial charge in [-0.3, -0.25) is 4.79 Å². The lowest BCUT2D eigenvalue weighted by molar-refractivity contribution is -0.128. The highest BCUT2D eigenvalue weighted by Crippen LogP contribution is 2.32. The highest BCUT2D eigenvalue weighted by Gasteiger charge is 2.38. The van der Waals surface area contributed by atoms with Crippen molar-refractivity contribution in [3.63, 3.8) is 0 Å². The smallest absolute Gasteiger partial charge is 0.226 e. The van der Waals surface area contributed by atoms with Gasteiger partial charge >= 0.3 is 0 Å². The SMILES string of the molecule is CC1CCC(CN)(NC(=O)C2CCOC2C)CC1. The number of ether oxygens (including phenoxy) is 1. The van der Waals surface area contributed by atoms with Gasteiger partial charge in [0, 0.05) is 13.2 Å². The predicted molar refractivity (Wildman–Crippen MR) is 71.1 cm³/mol. The minimum Gasteiger partial charge on any atom is -0.378 e. The van der Waals surface area contributed by atoms with E-state index < -0.39 is 0 Å². The van der Waals surface area contributed by atoms with Crippen molar-refractivity contribution in [1.82, 2.24) is 5.32 Å². The second-order valence-electron chi connectivity index (χ2n) is 6.13. The van der Waals surface area contributed by atoms with Crippen molar-refractivity contribution < 1.29 is 9.53 Å². The number of hydrogen-bond acceptors (Lipinski definition) is 3. The molecule has 2 aliphatic rings. The molecule has 0 aromatic carbocycles. The fraction of sp³-hybridized carbons (Fsp3) is 0.929. The fourth-order valence-electron chi connectivity index (χ4n) is 3.12. The summed E-state index contributed by atoms with van der Waals surface area (Å²) in [5, 5.41) is 3.23. The molecule has 0 aromatic rings. The largest absolute Gasteiger partial charge is 0.378 e. The molecule has 0 bridgehead atoms. The minimum absolute atomic E-state index is 0.00720. The summed E-state index contributed by atoms with van der Waals surface area (Å²) in [6.45, 7) is 5.50. The molecule has 4 nitrogen and oxygen atoms in total. The van der Waals surface area contributed by atoms with Crippen molar-refractivity contribution in [3.05, 3.63) is 0 Å². The van der Waals surface area contributed by atoms with Crippen LogP contribution in [-0.4, -0.2) is 30.7 Å². The van der Waals surface area contributed by atoms with Crippen LogP contribution in [0.3, 0.4) is 0 Å². The first-order chi connectivity index (χ1) is 8.56. The molecule has 4 heteroatoms. The van der Waals surface area contributed by atoms with E-state index in [0.29, 0.717) is 13.2 Å². The van der Waals surface area contributed by atoms with Crippen molar-refractivity contribution in [2.24, 2.45) is 17.6 Å². The Hall–Kier alpha value is -0.610. The zero-order chi connectivity index (χ0) is 13.2. The molecule has 1 saturated carbocycles. The quantitative estimate of drug-likeness (QED) is 0.801. The van der Waals surface area contributed by atoms with Gasteiger partial charge in [-0.25, -0.2) is 0 Å². The van der Waals surface area contributed by atoms with E-state index in [1.165, 1.54) is 0 Å². The summed E-state index contributed by atoms with van der Waals surface area (Å²) in [4.78, 5) is 12.3. The Labute approximate surface area is 110 Å². The van der Waals surface area contributed by atoms with Gasteiger partial charge in [0.25, 0.3) is 0 Å². The van der Waals surface area contributed by atoms with Gasteiger partial charge in [0.05, 0.1) is 17.6 Å². The molecule has 0 aromatic heterocycles. The number of amides is 1. The van der Waals surface area contributed by atoms with Crippen LogP contribution < -0.4 is 11.1 Å². The second kappa shape index (κ2) is 5.57. The lowest BCUT2D eigenvalue weighted by atomic mass is 9.76. The average molecular weight is 254 g/mol. The molecule has 2 fully saturated rings. The van der Waals surface area contributed by atoms with Gasteiger partial charge in [0.1, 0.15) is 0 Å². The van der Waals surface area contributed by atoms with E-state index in [1.807, 2.05) is 6.92 Å². The molecule has 2 unspecified atom stereocenters. The summed E-state index contributed by atoms with van der Waals surface area (Å²) in [5.41, 5.74) is 5.76. The molecule has 1 saturated heterocycles. The van der Waals surface area contributed by atoms with E-state index >= 15 is 0 Å². The van der Waals surface area contributed by atoms with Crippen LogP contribution in [-0.2, 0) is 9.53 Å². The van der Waals surface area contributed by atoms with Crippen LogP contribution in [0.4, 0.5) is 0 Å². The summed E-state index contributed by atoms with van der Waals surface area (Å²) in [6, 6.07) is 0. The Bertz CT molecular complexity index is 298. The van der Waals surface area contributed by atoms with E-state index in [1.54, 1.807) is 0 Å². The average Bonchev–Trinajstić information content (AvgIpc) is 2.79. The van der Waals surface area contributed by atoms with E-state index in [4.69, 9.17) is 10.5 Å². The zero-order valence-corrected chi connectivity index (χ0v) is 11.6. The number of hydrogen-bond donors (Lipinski definition) is 2. The Morgan fingerprint density at radius 2 is 2.00 bits per heavy atom. The van der Waals surface area contributed by atoms with E-state index in [0.717, 1.165) is 38.0 Å². The Morgan fingerprint density at radius 1 is 1.33 bits per heavy atom. The van der Waals surface area contributed by atoms with Gasteiger partial charge in [-0.2, -0.15) is 0 Å². The Kier molecular flexibility index (Phi) is 4.28. The van der Waals surface area contributed by atoms with Crippen molar-refractivity contribution in [2.45, 2.75) is 57.6 Å². The first kappa shape index (κ1) is 13.8. The Morgan fingerprint density at radius 3 is 2.50 bits per heavy atom. The molecule has 0 spiro atoms. The number of nitrogens with one attached hydrogen (secondary N) is 1. The lowest BCUT2D eigenvalue weighted by Crippen LogP contribution is -2.57. The topological polar surface area (TPSA) is 64.3 Å². The summed E-state index contributed by atoms with van der Waals surface area (Å²) in [5.74, 6) is 0.906. The first-order valence-electron chi connectivity index (χ1n) is 7.20. The first-order valence-corrected chi connectivity index (χ1v) is 7.20. The molecule has 18 heavy (non-hydrogen) atoms. The van der Waals surface area contributed by atoms with E-state index in [9.17, 15) is 4.79 Å². The number of rotatable bonds is 3. The molecule has 1 aliphatic heterocycles. The van der Waals surface area contributed by atoms with Crippen LogP contribution >= 0.6 is 0 Å². The molecule has 1 amide bonds. The second-order valence-corrected chi connectivity index (χ2v) is 6.13. The van der Waals surface area contributed by atoms with Crippen molar-refractivity contribution >= 4 is 5.91 Å². The highest BCUT2D eigenvalue weighted by atomic mass is 16.5. The van der Waals surface area contributed by atoms with Crippen LogP contribution in [0.15, 0.2) is 0 Å². The van der Waals surface area contributed by atoms with Crippen LogP contribution in [0.25, 0.3) is 0 Å². The zero-order valence-electron chi connectivity index (χ0n) is 11.6. The molecule has 2 atom stereocenters. The summed E-state index contributed by atoms with van der Waals surface area (Å²) in [6.07, 6.45) is 5.23. The molecule has 1 aliphatic carbocycles. The monoisotopic (exact) mass is 254 g/mol. The van der Waals surface area contributed by atoms with Gasteiger partial charge in [-0.05, 0) is 44.9 Å². The molecule has 3 N–H and O–H groups in total. The summed E-state index contributed by atoms with van der Waals surface area (Å²) < 4.78 is 5.47. The molecule has 1 heterocycles. The molecule has 0 radical (unpaired) electrons. The third kappa shape index (κ3) is 2.86. The number of carbonyl (C=O) groups is 1. The van der Waals surface area contributed by atoms with Gasteiger partial charge in [0.15, 0.2) is 0 Å². The maximum atomic E-state index is 12.3. The third-order valence-electron chi connectivity index (χ3n) is 4.72. The van der Waals surface area contributed by atoms with E-state index in [2.05, 4.69) is 12.2 Å². The Balaban J connectivity index is 1.95. The van der Waals surface area contributed by atoms with Gasteiger partial charge in [-0.1, -0.05) is 6.92 Å². The lowest BCUT2D eigenvalue weighted by Gasteiger charge is -2.40. The van der Waals surface area contributed by atoms with Gasteiger partial charge in [0.2, 0.25) is 5.91 Å². The van der Waals surface area contributed by atoms with Crippen LogP contribution in [0.5, 0.6) is 0 Å². The normalized spacial score (nSPS) is 40.7. The standard InChI is InChI=1S/C14H26N2O2/c1-10-3-6-14(9-15,7-4-10)16-13(17)12-5-8-18-11(12)2/h10-12H,3-9,15H2,1-2H3,(H,16,17). The number of nitrogens with two attached hydrogens (primary N) is 1. The third-order valence-corrected chi connectivity index (χ3v) is 4.72. The maximum absolute atomic E-state index is 12.3. The van der Waals surface area contributed by atoms with Crippen molar-refractivity contribution in [2.75, 3.05) is 13.2 Å². The summed E-state index contributed by atoms with van der Waals surface area (Å²) >= 11 is 0. The minimum atomic E-state index is -0.161. The molecular formula is C14H26N2O2. The van der Waals surface area contributed by atoms with Crippen molar-refractivity contribution in [1.29, 1.82) is 0 Å².